The van der Waals surface area contributed by atoms with E-state index in [4.69, 9.17) is 4.74 Å². The van der Waals surface area contributed by atoms with Crippen molar-refractivity contribution in [3.8, 4) is 0 Å². The monoisotopic (exact) mass is 255 g/mol. The van der Waals surface area contributed by atoms with E-state index >= 15 is 0 Å². The second-order valence-corrected chi connectivity index (χ2v) is 6.07. The maximum atomic E-state index is 12.1. The van der Waals surface area contributed by atoms with E-state index in [-0.39, 0.29) is 24.5 Å². The van der Waals surface area contributed by atoms with Gasteiger partial charge in [0.15, 0.2) is 0 Å². The Morgan fingerprint density at radius 2 is 2.06 bits per heavy atom. The summed E-state index contributed by atoms with van der Waals surface area (Å²) in [4.78, 5) is 27.4. The first kappa shape index (κ1) is 13.1. The molecular weight excluding hydrogens is 234 g/mol. The number of hydrogen-bond donors (Lipinski definition) is 1. The lowest BCUT2D eigenvalue weighted by Gasteiger charge is -2.37. The van der Waals surface area contributed by atoms with Crippen LogP contribution >= 0.6 is 0 Å². The number of hydrogen-bond acceptors (Lipinski definition) is 4. The average Bonchev–Trinajstić information content (AvgIpc) is 2.53. The molecule has 0 aromatic carbocycles. The molecule has 0 bridgehead atoms. The van der Waals surface area contributed by atoms with Gasteiger partial charge in [0.05, 0.1) is 12.1 Å². The molecule has 0 aromatic heterocycles. The lowest BCUT2D eigenvalue weighted by Crippen LogP contribution is -2.62. The third kappa shape index (κ3) is 2.75. The zero-order valence-electron chi connectivity index (χ0n) is 11.4. The Bertz CT molecular complexity index is 364. The summed E-state index contributed by atoms with van der Waals surface area (Å²) < 4.78 is 5.36. The molecule has 1 N–H and O–H groups in total. The number of carbonyl (C=O) groups is 2. The molecule has 2 amide bonds. The summed E-state index contributed by atoms with van der Waals surface area (Å²) in [7, 11) is 1.98. The first-order chi connectivity index (χ1) is 8.26. The van der Waals surface area contributed by atoms with Gasteiger partial charge < -0.3 is 15.0 Å². The van der Waals surface area contributed by atoms with E-state index in [9.17, 15) is 9.59 Å². The van der Waals surface area contributed by atoms with E-state index in [0.717, 1.165) is 13.1 Å². The molecule has 2 rings (SSSR count). The van der Waals surface area contributed by atoms with Crippen LogP contribution in [0.5, 0.6) is 0 Å². The number of amides is 2. The number of rotatable bonds is 0. The van der Waals surface area contributed by atoms with Gasteiger partial charge in [-0.3, -0.25) is 9.69 Å². The molecule has 2 fully saturated rings. The molecule has 18 heavy (non-hydrogen) atoms. The van der Waals surface area contributed by atoms with Crippen LogP contribution in [0.4, 0.5) is 4.79 Å². The zero-order chi connectivity index (χ0) is 13.5. The first-order valence-corrected chi connectivity index (χ1v) is 6.24. The Labute approximate surface area is 107 Å². The molecule has 2 aliphatic heterocycles. The van der Waals surface area contributed by atoms with Crippen molar-refractivity contribution < 1.29 is 14.3 Å². The molecule has 0 spiro atoms. The number of ether oxygens (including phenoxy) is 1. The average molecular weight is 255 g/mol. The molecule has 0 unspecified atom stereocenters. The van der Waals surface area contributed by atoms with Crippen molar-refractivity contribution in [2.75, 3.05) is 26.7 Å². The Kier molecular flexibility index (Phi) is 3.23. The van der Waals surface area contributed by atoms with Crippen molar-refractivity contribution >= 4 is 12.0 Å². The van der Waals surface area contributed by atoms with E-state index in [1.807, 2.05) is 27.8 Å². The Morgan fingerprint density at radius 3 is 2.67 bits per heavy atom. The predicted octanol–water partition coefficient (Wildman–Crippen LogP) is 0.0359. The van der Waals surface area contributed by atoms with Crippen molar-refractivity contribution in [1.29, 1.82) is 0 Å². The van der Waals surface area contributed by atoms with Gasteiger partial charge in [-0.2, -0.15) is 0 Å². The van der Waals surface area contributed by atoms with Gasteiger partial charge in [-0.1, -0.05) is 0 Å². The highest BCUT2D eigenvalue weighted by molar-refractivity contribution is 5.84. The molecule has 0 aliphatic carbocycles. The molecular formula is C12H21N3O3. The number of nitrogens with zero attached hydrogens (tertiary/aromatic N) is 2. The van der Waals surface area contributed by atoms with Crippen LogP contribution in [0.2, 0.25) is 0 Å². The van der Waals surface area contributed by atoms with Gasteiger partial charge in [-0.15, -0.1) is 0 Å². The molecule has 2 atom stereocenters. The van der Waals surface area contributed by atoms with E-state index in [1.165, 1.54) is 0 Å². The normalized spacial score (nSPS) is 28.9. The topological polar surface area (TPSA) is 61.9 Å². The number of likely N-dealkylation sites (N-methyl/N-ethyl adjacent to an activating group) is 1. The molecule has 2 saturated heterocycles. The van der Waals surface area contributed by atoms with Gasteiger partial charge in [-0.05, 0) is 27.8 Å². The van der Waals surface area contributed by atoms with Crippen LogP contribution in [0.15, 0.2) is 0 Å². The van der Waals surface area contributed by atoms with Crippen LogP contribution in [0, 0.1) is 0 Å². The van der Waals surface area contributed by atoms with Crippen molar-refractivity contribution in [1.82, 2.24) is 15.1 Å². The van der Waals surface area contributed by atoms with Crippen molar-refractivity contribution in [2.24, 2.45) is 0 Å². The Morgan fingerprint density at radius 1 is 1.39 bits per heavy atom. The molecule has 6 heteroatoms. The summed E-state index contributed by atoms with van der Waals surface area (Å²) in [5, 5.41) is 2.93. The number of likely N-dealkylation sites (tertiary alicyclic amines) is 1. The maximum Gasteiger partial charge on any atom is 0.411 e. The third-order valence-corrected chi connectivity index (χ3v) is 3.16. The van der Waals surface area contributed by atoms with Crippen LogP contribution in [0.1, 0.15) is 20.8 Å². The number of fused-ring (bicyclic) bond motifs is 1. The van der Waals surface area contributed by atoms with Crippen molar-refractivity contribution in [3.63, 3.8) is 0 Å². The summed E-state index contributed by atoms with van der Waals surface area (Å²) in [6.45, 7) is 7.11. The highest BCUT2D eigenvalue weighted by Gasteiger charge is 2.43. The summed E-state index contributed by atoms with van der Waals surface area (Å²) in [5.74, 6) is -0.114. The van der Waals surface area contributed by atoms with Gasteiger partial charge >= 0.3 is 6.09 Å². The minimum absolute atomic E-state index is 0.0162. The van der Waals surface area contributed by atoms with Gasteiger partial charge in [0.1, 0.15) is 12.1 Å². The lowest BCUT2D eigenvalue weighted by molar-refractivity contribution is -0.126. The molecule has 0 saturated carbocycles. The van der Waals surface area contributed by atoms with Gasteiger partial charge in [-0.25, -0.2) is 4.79 Å². The molecule has 0 radical (unpaired) electrons. The number of carbonyl (C=O) groups excluding carboxylic acids is 2. The minimum Gasteiger partial charge on any atom is -0.444 e. The smallest absolute Gasteiger partial charge is 0.411 e. The summed E-state index contributed by atoms with van der Waals surface area (Å²) >= 11 is 0. The maximum absolute atomic E-state index is 12.1. The van der Waals surface area contributed by atoms with Crippen LogP contribution in [-0.4, -0.2) is 66.2 Å². The second kappa shape index (κ2) is 4.42. The van der Waals surface area contributed by atoms with E-state index in [0.29, 0.717) is 0 Å². The fraction of sp³-hybridized carbons (Fsp3) is 0.833. The fourth-order valence-corrected chi connectivity index (χ4v) is 2.48. The molecule has 2 aliphatic rings. The predicted molar refractivity (Wildman–Crippen MR) is 66.2 cm³/mol. The molecule has 2 heterocycles. The summed E-state index contributed by atoms with van der Waals surface area (Å²) in [5.41, 5.74) is -0.537. The molecule has 0 aromatic rings. The second-order valence-electron chi connectivity index (χ2n) is 6.07. The quantitative estimate of drug-likeness (QED) is 0.663. The zero-order valence-corrected chi connectivity index (χ0v) is 11.4. The Hall–Kier alpha value is -1.30. The van der Waals surface area contributed by atoms with Gasteiger partial charge in [0, 0.05) is 13.1 Å². The molecule has 102 valence electrons. The minimum atomic E-state index is -0.537. The fourth-order valence-electron chi connectivity index (χ4n) is 2.48. The highest BCUT2D eigenvalue weighted by Crippen LogP contribution is 2.21. The van der Waals surface area contributed by atoms with E-state index in [1.54, 1.807) is 4.90 Å². The van der Waals surface area contributed by atoms with Crippen LogP contribution < -0.4 is 5.32 Å². The van der Waals surface area contributed by atoms with Crippen LogP contribution in [0.3, 0.4) is 0 Å². The number of nitrogens with one attached hydrogen (secondary N) is 1. The van der Waals surface area contributed by atoms with Crippen LogP contribution in [-0.2, 0) is 9.53 Å². The van der Waals surface area contributed by atoms with Crippen molar-refractivity contribution in [2.45, 2.75) is 38.5 Å². The highest BCUT2D eigenvalue weighted by atomic mass is 16.6. The standard InChI is InChI=1S/C12H21N3O3/c1-12(2,3)18-11(17)15-7-10(16)13-8-5-14(4)6-9(8)15/h8-9H,5-7H2,1-4H3,(H,13,16)/t8-,9-/m0/s1. The molecule has 6 nitrogen and oxygen atoms in total. The first-order valence-electron chi connectivity index (χ1n) is 6.24. The van der Waals surface area contributed by atoms with Gasteiger partial charge in [0.25, 0.3) is 0 Å². The SMILES string of the molecule is CN1C[C@@H]2NC(=O)CN(C(=O)OC(C)(C)C)[C@H]2C1. The Balaban J connectivity index is 2.10. The van der Waals surface area contributed by atoms with E-state index in [2.05, 4.69) is 10.2 Å². The largest absolute Gasteiger partial charge is 0.444 e. The summed E-state index contributed by atoms with van der Waals surface area (Å²) in [6.07, 6.45) is -0.400. The van der Waals surface area contributed by atoms with Crippen LogP contribution in [0.25, 0.3) is 0 Å². The summed E-state index contributed by atoms with van der Waals surface area (Å²) in [6, 6.07) is 0.0336. The van der Waals surface area contributed by atoms with Crippen molar-refractivity contribution in [3.05, 3.63) is 0 Å². The number of piperazine rings is 1. The van der Waals surface area contributed by atoms with Gasteiger partial charge in [0.2, 0.25) is 5.91 Å². The van der Waals surface area contributed by atoms with E-state index < -0.39 is 11.7 Å². The third-order valence-electron chi connectivity index (χ3n) is 3.16. The lowest BCUT2D eigenvalue weighted by atomic mass is 10.1.